The van der Waals surface area contributed by atoms with E-state index in [0.717, 1.165) is 11.3 Å². The van der Waals surface area contributed by atoms with Gasteiger partial charge in [0.05, 0.1) is 18.7 Å². The highest BCUT2D eigenvalue weighted by molar-refractivity contribution is 6.39. The molecule has 0 aliphatic heterocycles. The number of anilines is 1. The average Bonchev–Trinajstić information content (AvgIpc) is 2.62. The zero-order valence-electron chi connectivity index (χ0n) is 13.2. The predicted octanol–water partition coefficient (Wildman–Crippen LogP) is 1.86. The van der Waals surface area contributed by atoms with Gasteiger partial charge >= 0.3 is 11.8 Å². The van der Waals surface area contributed by atoms with Crippen LogP contribution in [0.2, 0.25) is 0 Å². The fourth-order valence-corrected chi connectivity index (χ4v) is 2.08. The van der Waals surface area contributed by atoms with Gasteiger partial charge in [-0.3, -0.25) is 9.59 Å². The minimum absolute atomic E-state index is 0.331. The molecule has 0 bridgehead atoms. The van der Waals surface area contributed by atoms with Crippen LogP contribution in [0.5, 0.6) is 5.75 Å². The summed E-state index contributed by atoms with van der Waals surface area (Å²) in [7, 11) is 1.59. The SMILES string of the molecule is COc1cccc(CCNC(=O)C(=O)Nc2cccc(C#N)c2)c1. The molecule has 0 fully saturated rings. The number of ether oxygens (including phenoxy) is 1. The van der Waals surface area contributed by atoms with Gasteiger partial charge in [-0.05, 0) is 42.3 Å². The van der Waals surface area contributed by atoms with Gasteiger partial charge in [0.15, 0.2) is 0 Å². The number of hydrogen-bond acceptors (Lipinski definition) is 4. The Balaban J connectivity index is 1.83. The van der Waals surface area contributed by atoms with E-state index < -0.39 is 11.8 Å². The second-order valence-corrected chi connectivity index (χ2v) is 5.00. The summed E-state index contributed by atoms with van der Waals surface area (Å²) in [5.74, 6) is -0.745. The highest BCUT2D eigenvalue weighted by Crippen LogP contribution is 2.12. The molecule has 24 heavy (non-hydrogen) atoms. The van der Waals surface area contributed by atoms with E-state index >= 15 is 0 Å². The second-order valence-electron chi connectivity index (χ2n) is 5.00. The Morgan fingerprint density at radius 1 is 1.12 bits per heavy atom. The number of benzene rings is 2. The first-order valence-corrected chi connectivity index (χ1v) is 7.34. The van der Waals surface area contributed by atoms with E-state index in [1.807, 2.05) is 30.3 Å². The lowest BCUT2D eigenvalue weighted by molar-refractivity contribution is -0.136. The zero-order valence-corrected chi connectivity index (χ0v) is 13.2. The number of amides is 2. The quantitative estimate of drug-likeness (QED) is 0.822. The normalized spacial score (nSPS) is 9.67. The lowest BCUT2D eigenvalue weighted by atomic mass is 10.1. The third-order valence-corrected chi connectivity index (χ3v) is 3.29. The van der Waals surface area contributed by atoms with E-state index in [9.17, 15) is 9.59 Å². The molecule has 2 aromatic carbocycles. The van der Waals surface area contributed by atoms with E-state index in [1.165, 1.54) is 6.07 Å². The summed E-state index contributed by atoms with van der Waals surface area (Å²) in [6, 6.07) is 15.8. The molecule has 2 rings (SSSR count). The molecule has 6 nitrogen and oxygen atoms in total. The van der Waals surface area contributed by atoms with Crippen molar-refractivity contribution in [3.05, 3.63) is 59.7 Å². The second kappa shape index (κ2) is 8.34. The van der Waals surface area contributed by atoms with E-state index in [2.05, 4.69) is 10.6 Å². The maximum Gasteiger partial charge on any atom is 0.313 e. The maximum absolute atomic E-state index is 11.8. The van der Waals surface area contributed by atoms with Crippen molar-refractivity contribution in [2.75, 3.05) is 19.0 Å². The largest absolute Gasteiger partial charge is 0.497 e. The van der Waals surface area contributed by atoms with Crippen LogP contribution >= 0.6 is 0 Å². The van der Waals surface area contributed by atoms with Crippen LogP contribution in [-0.2, 0) is 16.0 Å². The molecule has 2 N–H and O–H groups in total. The lowest BCUT2D eigenvalue weighted by Crippen LogP contribution is -2.36. The fraction of sp³-hybridized carbons (Fsp3) is 0.167. The van der Waals surface area contributed by atoms with Gasteiger partial charge in [0.2, 0.25) is 0 Å². The molecule has 122 valence electrons. The van der Waals surface area contributed by atoms with Gasteiger partial charge in [-0.15, -0.1) is 0 Å². The number of hydrogen-bond donors (Lipinski definition) is 2. The highest BCUT2D eigenvalue weighted by atomic mass is 16.5. The number of nitriles is 1. The van der Waals surface area contributed by atoms with Crippen LogP contribution in [0.25, 0.3) is 0 Å². The average molecular weight is 323 g/mol. The molecular weight excluding hydrogens is 306 g/mol. The molecule has 0 spiro atoms. The van der Waals surface area contributed by atoms with Crippen molar-refractivity contribution < 1.29 is 14.3 Å². The van der Waals surface area contributed by atoms with Gasteiger partial charge in [-0.2, -0.15) is 5.26 Å². The van der Waals surface area contributed by atoms with Crippen LogP contribution in [0.4, 0.5) is 5.69 Å². The van der Waals surface area contributed by atoms with Gasteiger partial charge in [0.25, 0.3) is 0 Å². The summed E-state index contributed by atoms with van der Waals surface area (Å²) in [6.07, 6.45) is 0.583. The number of methoxy groups -OCH3 is 1. The Morgan fingerprint density at radius 3 is 2.67 bits per heavy atom. The molecule has 0 radical (unpaired) electrons. The van der Waals surface area contributed by atoms with Crippen molar-refractivity contribution in [2.45, 2.75) is 6.42 Å². The first-order valence-electron chi connectivity index (χ1n) is 7.34. The van der Waals surface area contributed by atoms with E-state index in [4.69, 9.17) is 10.00 Å². The number of rotatable bonds is 5. The van der Waals surface area contributed by atoms with Crippen molar-refractivity contribution in [1.29, 1.82) is 5.26 Å². The monoisotopic (exact) mass is 323 g/mol. The molecular formula is C18H17N3O3. The summed E-state index contributed by atoms with van der Waals surface area (Å²) in [6.45, 7) is 0.331. The molecule has 2 aromatic rings. The van der Waals surface area contributed by atoms with Crippen molar-refractivity contribution in [3.8, 4) is 11.8 Å². The summed E-state index contributed by atoms with van der Waals surface area (Å²) in [5.41, 5.74) is 1.81. The predicted molar refractivity (Wildman–Crippen MR) is 89.5 cm³/mol. The van der Waals surface area contributed by atoms with E-state index in [-0.39, 0.29) is 0 Å². The fourth-order valence-electron chi connectivity index (χ4n) is 2.08. The smallest absolute Gasteiger partial charge is 0.313 e. The van der Waals surface area contributed by atoms with Crippen molar-refractivity contribution in [1.82, 2.24) is 5.32 Å². The summed E-state index contributed by atoms with van der Waals surface area (Å²) in [5, 5.41) is 13.8. The molecule has 0 atom stereocenters. The van der Waals surface area contributed by atoms with E-state index in [1.54, 1.807) is 25.3 Å². The van der Waals surface area contributed by atoms with Crippen LogP contribution in [0.1, 0.15) is 11.1 Å². The van der Waals surface area contributed by atoms with Crippen LogP contribution in [0, 0.1) is 11.3 Å². The molecule has 0 saturated heterocycles. The molecule has 0 aliphatic rings. The lowest BCUT2D eigenvalue weighted by Gasteiger charge is -2.07. The zero-order chi connectivity index (χ0) is 17.4. The molecule has 6 heteroatoms. The minimum atomic E-state index is -0.768. The maximum atomic E-state index is 11.8. The molecule has 0 aromatic heterocycles. The van der Waals surface area contributed by atoms with Crippen LogP contribution in [0.3, 0.4) is 0 Å². The van der Waals surface area contributed by atoms with Crippen molar-refractivity contribution >= 4 is 17.5 Å². The molecule has 2 amide bonds. The summed E-state index contributed by atoms with van der Waals surface area (Å²) >= 11 is 0. The van der Waals surface area contributed by atoms with Crippen LogP contribution < -0.4 is 15.4 Å². The van der Waals surface area contributed by atoms with Gasteiger partial charge in [-0.1, -0.05) is 18.2 Å². The Labute approximate surface area is 140 Å². The molecule has 0 heterocycles. The highest BCUT2D eigenvalue weighted by Gasteiger charge is 2.13. The van der Waals surface area contributed by atoms with Gasteiger partial charge in [-0.25, -0.2) is 0 Å². The third-order valence-electron chi connectivity index (χ3n) is 3.29. The number of nitrogens with one attached hydrogen (secondary N) is 2. The molecule has 0 unspecified atom stereocenters. The molecule has 0 saturated carbocycles. The Bertz CT molecular complexity index is 781. The Hall–Kier alpha value is -3.33. The summed E-state index contributed by atoms with van der Waals surface area (Å²) in [4.78, 5) is 23.6. The van der Waals surface area contributed by atoms with Crippen molar-refractivity contribution in [3.63, 3.8) is 0 Å². The van der Waals surface area contributed by atoms with Gasteiger partial charge in [0.1, 0.15) is 5.75 Å². The Morgan fingerprint density at radius 2 is 1.92 bits per heavy atom. The summed E-state index contributed by atoms with van der Waals surface area (Å²) < 4.78 is 5.13. The minimum Gasteiger partial charge on any atom is -0.497 e. The van der Waals surface area contributed by atoms with Crippen molar-refractivity contribution in [2.24, 2.45) is 0 Å². The standard InChI is InChI=1S/C18H17N3O3/c1-24-16-7-3-4-13(11-16)8-9-20-17(22)18(23)21-15-6-2-5-14(10-15)12-19/h2-7,10-11H,8-9H2,1H3,(H,20,22)(H,21,23). The van der Waals surface area contributed by atoms with Crippen LogP contribution in [-0.4, -0.2) is 25.5 Å². The first kappa shape index (κ1) is 17.0. The number of carbonyl (C=O) groups is 2. The van der Waals surface area contributed by atoms with E-state index in [0.29, 0.717) is 24.2 Å². The topological polar surface area (TPSA) is 91.2 Å². The number of carbonyl (C=O) groups excluding carboxylic acids is 2. The van der Waals surface area contributed by atoms with Gasteiger partial charge in [0, 0.05) is 12.2 Å². The third kappa shape index (κ3) is 4.85. The van der Waals surface area contributed by atoms with Crippen LogP contribution in [0.15, 0.2) is 48.5 Å². The first-order chi connectivity index (χ1) is 11.6. The number of nitrogens with zero attached hydrogens (tertiary/aromatic N) is 1. The molecule has 0 aliphatic carbocycles. The Kier molecular flexibility index (Phi) is 5.92. The van der Waals surface area contributed by atoms with Gasteiger partial charge < -0.3 is 15.4 Å².